The maximum Gasteiger partial charge on any atom is 0.259 e. The number of carbonyl (C=O) groups is 2. The number of hydrogen-bond acceptors (Lipinski definition) is 12. The first kappa shape index (κ1) is 43.1. The van der Waals surface area contributed by atoms with Gasteiger partial charge in [0.2, 0.25) is 0 Å². The Morgan fingerprint density at radius 1 is 0.586 bits per heavy atom. The predicted molar refractivity (Wildman–Crippen MR) is 259 cm³/mol. The third-order valence-corrected chi connectivity index (χ3v) is 15.9. The van der Waals surface area contributed by atoms with Crippen LogP contribution in [0.1, 0.15) is 136 Å². The smallest absolute Gasteiger partial charge is 0.259 e. The average Bonchev–Trinajstić information content (AvgIpc) is 4.15. The van der Waals surface area contributed by atoms with E-state index in [1.165, 1.54) is 0 Å². The first-order chi connectivity index (χ1) is 34.1. The fourth-order valence-corrected chi connectivity index (χ4v) is 11.7. The highest BCUT2D eigenvalue weighted by atomic mass is 16.5. The second-order valence-electron chi connectivity index (χ2n) is 21.1. The molecule has 6 saturated carbocycles. The zero-order valence-electron chi connectivity index (χ0n) is 38.9. The topological polar surface area (TPSA) is 213 Å². The molecule has 2 spiro atoms. The van der Waals surface area contributed by atoms with Crippen molar-refractivity contribution in [3.63, 3.8) is 0 Å². The molecule has 0 atom stereocenters. The molecule has 6 fully saturated rings. The van der Waals surface area contributed by atoms with Gasteiger partial charge < -0.3 is 30.3 Å². The van der Waals surface area contributed by atoms with Crippen LogP contribution in [0.25, 0.3) is 33.1 Å². The summed E-state index contributed by atoms with van der Waals surface area (Å²) in [6.07, 6.45) is 31.0. The van der Waals surface area contributed by atoms with Crippen molar-refractivity contribution in [3.05, 3.63) is 97.1 Å². The van der Waals surface area contributed by atoms with Crippen molar-refractivity contribution in [2.75, 3.05) is 10.6 Å². The fraction of sp³-hybridized carbons (Fsp3) is 0.462. The van der Waals surface area contributed by atoms with Gasteiger partial charge in [-0.05, 0) is 138 Å². The van der Waals surface area contributed by atoms with Gasteiger partial charge in [-0.15, -0.1) is 0 Å². The lowest BCUT2D eigenvalue weighted by atomic mass is 9.59. The molecule has 14 rings (SSSR count). The van der Waals surface area contributed by atoms with Gasteiger partial charge in [-0.25, -0.2) is 19.0 Å². The number of fused-ring (bicyclic) bond motifs is 4. The maximum absolute atomic E-state index is 13.4. The van der Waals surface area contributed by atoms with E-state index in [1.807, 2.05) is 24.3 Å². The van der Waals surface area contributed by atoms with Gasteiger partial charge in [0.15, 0.2) is 11.3 Å². The van der Waals surface area contributed by atoms with Crippen LogP contribution < -0.4 is 20.1 Å². The number of carbonyl (C=O) groups excluding carboxylic acids is 2. The third kappa shape index (κ3) is 8.29. The zero-order valence-corrected chi connectivity index (χ0v) is 38.9. The Balaban J connectivity index is 0.000000137. The fourth-order valence-electron chi connectivity index (χ4n) is 11.7. The molecular formula is C52H56N12O6. The first-order valence-electron chi connectivity index (χ1n) is 25.1. The number of nitrogens with zero attached hydrogens (tertiary/aromatic N) is 10. The standard InChI is InChI=1S/2C26H28N6O3/c2*33-18-12-26(13-18)6-4-17(5-7-26)32-15-16-10-20(23(11-21(16)30-32)35-19-2-3-19)25(34)29-22-14-28-31-9-1-8-27-24(22)31/h2*1,8-11,14-15,17-19,33H,2-7,12-13H2,(H,29,34). The lowest BCUT2D eigenvalue weighted by molar-refractivity contribution is -0.0614. The number of benzene rings is 2. The number of ether oxygens (including phenoxy) is 2. The highest BCUT2D eigenvalue weighted by Crippen LogP contribution is 2.55. The molecule has 0 unspecified atom stereocenters. The van der Waals surface area contributed by atoms with Crippen molar-refractivity contribution in [1.82, 2.24) is 48.8 Å². The van der Waals surface area contributed by atoms with Crippen LogP contribution >= 0.6 is 0 Å². The van der Waals surface area contributed by atoms with Gasteiger partial charge >= 0.3 is 0 Å². The molecule has 6 aliphatic rings. The number of aromatic nitrogens is 10. The monoisotopic (exact) mass is 944 g/mol. The molecule has 6 heterocycles. The first-order valence-corrected chi connectivity index (χ1v) is 25.1. The zero-order chi connectivity index (χ0) is 47.1. The lowest BCUT2D eigenvalue weighted by Crippen LogP contribution is -2.43. The highest BCUT2D eigenvalue weighted by molar-refractivity contribution is 6.10. The van der Waals surface area contributed by atoms with Gasteiger partial charge in [-0.1, -0.05) is 0 Å². The number of amides is 2. The van der Waals surface area contributed by atoms with Crippen molar-refractivity contribution in [1.29, 1.82) is 0 Å². The number of hydrogen-bond donors (Lipinski definition) is 4. The van der Waals surface area contributed by atoms with Gasteiger partial charge in [0.05, 0.1) is 71.1 Å². The van der Waals surface area contributed by atoms with E-state index >= 15 is 0 Å². The summed E-state index contributed by atoms with van der Waals surface area (Å²) >= 11 is 0. The van der Waals surface area contributed by atoms with Gasteiger partial charge in [0, 0.05) is 60.1 Å². The quantitative estimate of drug-likeness (QED) is 0.102. The summed E-state index contributed by atoms with van der Waals surface area (Å²) in [7, 11) is 0. The molecule has 360 valence electrons. The predicted octanol–water partition coefficient (Wildman–Crippen LogP) is 8.26. The van der Waals surface area contributed by atoms with Gasteiger partial charge in [-0.2, -0.15) is 20.4 Å². The van der Waals surface area contributed by atoms with E-state index in [9.17, 15) is 19.8 Å². The van der Waals surface area contributed by atoms with Crippen LogP contribution in [-0.2, 0) is 0 Å². The number of anilines is 2. The second-order valence-corrected chi connectivity index (χ2v) is 21.1. The van der Waals surface area contributed by atoms with Crippen molar-refractivity contribution in [2.45, 2.75) is 139 Å². The molecular weight excluding hydrogens is 889 g/mol. The molecule has 70 heavy (non-hydrogen) atoms. The molecule has 4 N–H and O–H groups in total. The largest absolute Gasteiger partial charge is 0.490 e. The summed E-state index contributed by atoms with van der Waals surface area (Å²) in [5, 5.41) is 45.6. The normalized spacial score (nSPS) is 26.2. The van der Waals surface area contributed by atoms with E-state index in [4.69, 9.17) is 19.7 Å². The minimum atomic E-state index is -0.251. The van der Waals surface area contributed by atoms with Gasteiger partial charge in [0.25, 0.3) is 11.8 Å². The van der Waals surface area contributed by atoms with Crippen LogP contribution in [0, 0.1) is 10.8 Å². The number of aliphatic hydroxyl groups is 2. The lowest BCUT2D eigenvalue weighted by Gasteiger charge is -2.49. The van der Waals surface area contributed by atoms with Crippen LogP contribution in [-0.4, -0.2) is 95.2 Å². The number of rotatable bonds is 10. The van der Waals surface area contributed by atoms with E-state index in [-0.39, 0.29) is 36.2 Å². The van der Waals surface area contributed by atoms with E-state index in [0.717, 1.165) is 125 Å². The Bertz CT molecular complexity index is 3060. The molecule has 18 heteroatoms. The minimum absolute atomic E-state index is 0.107. The van der Waals surface area contributed by atoms with E-state index < -0.39 is 0 Å². The molecule has 0 saturated heterocycles. The summed E-state index contributed by atoms with van der Waals surface area (Å²) in [5.41, 5.74) is 5.67. The Labute approximate surface area is 402 Å². The van der Waals surface area contributed by atoms with Gasteiger partial charge in [-0.3, -0.25) is 19.0 Å². The van der Waals surface area contributed by atoms with Crippen molar-refractivity contribution in [3.8, 4) is 11.5 Å². The van der Waals surface area contributed by atoms with Crippen LogP contribution in [0.15, 0.2) is 86.0 Å². The number of aliphatic hydroxyl groups excluding tert-OH is 2. The molecule has 18 nitrogen and oxygen atoms in total. The summed E-state index contributed by atoms with van der Waals surface area (Å²) in [6.45, 7) is 0. The van der Waals surface area contributed by atoms with Crippen LogP contribution in [0.4, 0.5) is 11.4 Å². The average molecular weight is 945 g/mol. The van der Waals surface area contributed by atoms with E-state index in [2.05, 4.69) is 52.6 Å². The van der Waals surface area contributed by atoms with Gasteiger partial charge in [0.1, 0.15) is 22.9 Å². The third-order valence-electron chi connectivity index (χ3n) is 15.9. The van der Waals surface area contributed by atoms with E-state index in [0.29, 0.717) is 68.2 Å². The summed E-state index contributed by atoms with van der Waals surface area (Å²) < 4.78 is 19.7. The van der Waals surface area contributed by atoms with E-state index in [1.54, 1.807) is 58.3 Å². The molecule has 6 aromatic heterocycles. The Morgan fingerprint density at radius 3 is 1.39 bits per heavy atom. The summed E-state index contributed by atoms with van der Waals surface area (Å²) in [6, 6.07) is 11.9. The Kier molecular flexibility index (Phi) is 10.4. The Hall–Kier alpha value is -6.92. The Morgan fingerprint density at radius 2 is 1.00 bits per heavy atom. The van der Waals surface area contributed by atoms with Crippen LogP contribution in [0.5, 0.6) is 11.5 Å². The van der Waals surface area contributed by atoms with Crippen molar-refractivity contribution in [2.24, 2.45) is 10.8 Å². The molecule has 8 aromatic rings. The molecule has 0 radical (unpaired) electrons. The SMILES string of the molecule is O=C(Nc1cnn2cccnc12)c1cc2cn(C3CCC4(CC3)CC(O)C4)nc2cc1OC1CC1.O=C(Nc1cnn2cccnc12)c1cc2cn(C3CCC4(CC3)CC(O)C4)nc2cc1OC1CC1. The van der Waals surface area contributed by atoms with Crippen LogP contribution in [0.3, 0.4) is 0 Å². The van der Waals surface area contributed by atoms with Crippen molar-refractivity contribution < 1.29 is 29.3 Å². The maximum atomic E-state index is 13.4. The minimum Gasteiger partial charge on any atom is -0.490 e. The van der Waals surface area contributed by atoms with Crippen LogP contribution in [0.2, 0.25) is 0 Å². The van der Waals surface area contributed by atoms with Crippen molar-refractivity contribution >= 4 is 56.3 Å². The molecule has 2 amide bonds. The number of nitrogens with one attached hydrogen (secondary N) is 2. The molecule has 0 bridgehead atoms. The molecule has 6 aliphatic carbocycles. The molecule has 2 aromatic carbocycles. The summed E-state index contributed by atoms with van der Waals surface area (Å²) in [4.78, 5) is 35.4. The highest BCUT2D eigenvalue weighted by Gasteiger charge is 2.47. The second kappa shape index (κ2) is 16.9. The molecule has 0 aliphatic heterocycles. The summed E-state index contributed by atoms with van der Waals surface area (Å²) in [5.74, 6) is 0.634.